The van der Waals surface area contributed by atoms with E-state index in [-0.39, 0.29) is 10.7 Å². The summed E-state index contributed by atoms with van der Waals surface area (Å²) in [7, 11) is 0. The minimum atomic E-state index is -0.318. The van der Waals surface area contributed by atoms with Gasteiger partial charge >= 0.3 is 5.82 Å². The Hall–Kier alpha value is -2.41. The molecule has 0 radical (unpaired) electrons. The number of hydrogen-bond acceptors (Lipinski definition) is 5. The molecule has 7 heteroatoms. The van der Waals surface area contributed by atoms with Crippen molar-refractivity contribution in [3.63, 3.8) is 0 Å². The number of nitrogens with zero attached hydrogens (tertiary/aromatic N) is 4. The van der Waals surface area contributed by atoms with E-state index in [1.165, 1.54) is 16.9 Å². The Labute approximate surface area is 143 Å². The molecule has 24 heavy (non-hydrogen) atoms. The first-order valence-corrected chi connectivity index (χ1v) is 9.02. The molecule has 0 aliphatic carbocycles. The normalized spacial score (nSPS) is 18.7. The SMILES string of the molecule is O=[N+]([O-])c1c(N2CCC[C@H](c3ccccc3)CC2)nc2sccn12. The first-order chi connectivity index (χ1) is 11.7. The van der Waals surface area contributed by atoms with Gasteiger partial charge < -0.3 is 15.0 Å². The van der Waals surface area contributed by atoms with E-state index in [2.05, 4.69) is 34.1 Å². The van der Waals surface area contributed by atoms with Crippen LogP contribution in [0.15, 0.2) is 41.9 Å². The molecule has 1 aromatic carbocycles. The van der Waals surface area contributed by atoms with Gasteiger partial charge in [-0.25, -0.2) is 0 Å². The molecule has 124 valence electrons. The monoisotopic (exact) mass is 342 g/mol. The molecule has 0 bridgehead atoms. The van der Waals surface area contributed by atoms with Crippen LogP contribution >= 0.6 is 11.3 Å². The number of rotatable bonds is 3. The van der Waals surface area contributed by atoms with Crippen LogP contribution in [0.3, 0.4) is 0 Å². The molecule has 0 unspecified atom stereocenters. The first-order valence-electron chi connectivity index (χ1n) is 8.14. The van der Waals surface area contributed by atoms with E-state index in [4.69, 9.17) is 0 Å². The second-order valence-corrected chi connectivity index (χ2v) is 6.97. The van der Waals surface area contributed by atoms with E-state index < -0.39 is 0 Å². The zero-order valence-electron chi connectivity index (χ0n) is 13.2. The van der Waals surface area contributed by atoms with Gasteiger partial charge in [-0.2, -0.15) is 9.38 Å². The van der Waals surface area contributed by atoms with Crippen molar-refractivity contribution < 1.29 is 4.92 Å². The molecule has 4 rings (SSSR count). The van der Waals surface area contributed by atoms with E-state index in [0.717, 1.165) is 32.4 Å². The number of hydrogen-bond donors (Lipinski definition) is 0. The Morgan fingerprint density at radius 3 is 2.83 bits per heavy atom. The van der Waals surface area contributed by atoms with Crippen molar-refractivity contribution in [1.29, 1.82) is 0 Å². The molecule has 0 N–H and O–H groups in total. The van der Waals surface area contributed by atoms with Gasteiger partial charge in [0.05, 0.1) is 0 Å². The van der Waals surface area contributed by atoms with Gasteiger partial charge in [0.1, 0.15) is 6.20 Å². The Bertz CT molecular complexity index is 858. The summed E-state index contributed by atoms with van der Waals surface area (Å²) in [6.45, 7) is 1.61. The van der Waals surface area contributed by atoms with Crippen molar-refractivity contribution in [2.45, 2.75) is 25.2 Å². The van der Waals surface area contributed by atoms with Gasteiger partial charge in [0, 0.05) is 18.5 Å². The second-order valence-electron chi connectivity index (χ2n) is 6.10. The summed E-state index contributed by atoms with van der Waals surface area (Å²) in [5, 5.41) is 13.4. The van der Waals surface area contributed by atoms with Crippen LogP contribution in [-0.4, -0.2) is 27.4 Å². The number of nitro groups is 1. The molecule has 1 aliphatic rings. The summed E-state index contributed by atoms with van der Waals surface area (Å²) < 4.78 is 1.58. The zero-order chi connectivity index (χ0) is 16.5. The highest BCUT2D eigenvalue weighted by Gasteiger charge is 2.29. The van der Waals surface area contributed by atoms with Crippen LogP contribution in [0.1, 0.15) is 30.7 Å². The van der Waals surface area contributed by atoms with Gasteiger partial charge in [0.25, 0.3) is 4.96 Å². The van der Waals surface area contributed by atoms with Crippen LogP contribution in [0.4, 0.5) is 11.6 Å². The number of benzene rings is 1. The molecule has 2 aromatic heterocycles. The lowest BCUT2D eigenvalue weighted by atomic mass is 9.92. The summed E-state index contributed by atoms with van der Waals surface area (Å²) in [5.41, 5.74) is 1.36. The van der Waals surface area contributed by atoms with E-state index in [1.807, 2.05) is 11.4 Å². The predicted molar refractivity (Wildman–Crippen MR) is 95.0 cm³/mol. The van der Waals surface area contributed by atoms with E-state index in [0.29, 0.717) is 16.7 Å². The molecule has 6 nitrogen and oxygen atoms in total. The molecule has 0 saturated carbocycles. The van der Waals surface area contributed by atoms with Crippen molar-refractivity contribution in [3.05, 3.63) is 57.6 Å². The summed E-state index contributed by atoms with van der Waals surface area (Å²) >= 11 is 1.43. The second kappa shape index (κ2) is 6.24. The Morgan fingerprint density at radius 2 is 2.04 bits per heavy atom. The average molecular weight is 342 g/mol. The summed E-state index contributed by atoms with van der Waals surface area (Å²) in [6.07, 6.45) is 4.84. The van der Waals surface area contributed by atoms with Crippen LogP contribution in [-0.2, 0) is 0 Å². The Kier molecular flexibility index (Phi) is 3.93. The van der Waals surface area contributed by atoms with Crippen molar-refractivity contribution >= 4 is 27.9 Å². The van der Waals surface area contributed by atoms with Gasteiger partial charge in [-0.1, -0.05) is 41.7 Å². The van der Waals surface area contributed by atoms with Gasteiger partial charge in [0.15, 0.2) is 0 Å². The predicted octanol–water partition coefficient (Wildman–Crippen LogP) is 4.08. The molecule has 3 heterocycles. The third-order valence-corrected chi connectivity index (χ3v) is 5.45. The van der Waals surface area contributed by atoms with Gasteiger partial charge in [-0.05, 0) is 35.7 Å². The summed E-state index contributed by atoms with van der Waals surface area (Å²) in [6, 6.07) is 10.5. The highest BCUT2D eigenvalue weighted by molar-refractivity contribution is 7.15. The van der Waals surface area contributed by atoms with E-state index in [9.17, 15) is 10.1 Å². The number of fused-ring (bicyclic) bond motifs is 1. The zero-order valence-corrected chi connectivity index (χ0v) is 14.0. The first kappa shape index (κ1) is 15.1. The van der Waals surface area contributed by atoms with Gasteiger partial charge in [-0.15, -0.1) is 0 Å². The highest BCUT2D eigenvalue weighted by Crippen LogP contribution is 2.35. The lowest BCUT2D eigenvalue weighted by molar-refractivity contribution is -0.389. The third kappa shape index (κ3) is 2.65. The summed E-state index contributed by atoms with van der Waals surface area (Å²) in [5.74, 6) is 1.11. The van der Waals surface area contributed by atoms with Crippen molar-refractivity contribution in [2.75, 3.05) is 18.0 Å². The molecule has 1 saturated heterocycles. The van der Waals surface area contributed by atoms with Crippen molar-refractivity contribution in [3.8, 4) is 0 Å². The highest BCUT2D eigenvalue weighted by atomic mass is 32.1. The largest absolute Gasteiger partial charge is 0.373 e. The Morgan fingerprint density at radius 1 is 1.21 bits per heavy atom. The molecule has 1 atom stereocenters. The summed E-state index contributed by atoms with van der Waals surface area (Å²) in [4.78, 5) is 18.5. The molecule has 0 amide bonds. The smallest absolute Gasteiger partial charge is 0.358 e. The minimum Gasteiger partial charge on any atom is -0.358 e. The lowest BCUT2D eigenvalue weighted by Gasteiger charge is -2.19. The van der Waals surface area contributed by atoms with Gasteiger partial charge in [0.2, 0.25) is 5.82 Å². The van der Waals surface area contributed by atoms with Crippen LogP contribution < -0.4 is 4.90 Å². The average Bonchev–Trinajstić information content (AvgIpc) is 3.08. The fraction of sp³-hybridized carbons (Fsp3) is 0.353. The fourth-order valence-electron chi connectivity index (χ4n) is 3.51. The number of imidazole rings is 1. The lowest BCUT2D eigenvalue weighted by Crippen LogP contribution is -2.25. The molecular weight excluding hydrogens is 324 g/mol. The minimum absolute atomic E-state index is 0.0874. The maximum atomic E-state index is 11.5. The third-order valence-electron chi connectivity index (χ3n) is 4.69. The molecule has 3 aromatic rings. The van der Waals surface area contributed by atoms with E-state index >= 15 is 0 Å². The van der Waals surface area contributed by atoms with Crippen molar-refractivity contribution in [1.82, 2.24) is 9.38 Å². The number of aromatic nitrogens is 2. The van der Waals surface area contributed by atoms with Crippen LogP contribution in [0.5, 0.6) is 0 Å². The van der Waals surface area contributed by atoms with Crippen LogP contribution in [0.25, 0.3) is 4.96 Å². The Balaban J connectivity index is 1.61. The standard InChI is InChI=1S/C17H18N4O2S/c22-21(23)16-15(18-17-20(16)11-12-24-17)19-9-4-7-14(8-10-19)13-5-2-1-3-6-13/h1-3,5-6,11-12,14H,4,7-10H2/t14-/m0/s1. The topological polar surface area (TPSA) is 63.7 Å². The van der Waals surface area contributed by atoms with Crippen LogP contribution in [0.2, 0.25) is 0 Å². The van der Waals surface area contributed by atoms with E-state index in [1.54, 1.807) is 10.6 Å². The molecule has 1 aliphatic heterocycles. The fourth-order valence-corrected chi connectivity index (χ4v) is 4.22. The number of anilines is 1. The quantitative estimate of drug-likeness (QED) is 0.531. The van der Waals surface area contributed by atoms with Crippen LogP contribution in [0, 0.1) is 10.1 Å². The molecular formula is C17H18N4O2S. The molecule has 0 spiro atoms. The van der Waals surface area contributed by atoms with Crippen molar-refractivity contribution in [2.24, 2.45) is 0 Å². The van der Waals surface area contributed by atoms with Gasteiger partial charge in [-0.3, -0.25) is 0 Å². The number of thiazole rings is 1. The maximum absolute atomic E-state index is 11.5. The molecule has 1 fully saturated rings. The maximum Gasteiger partial charge on any atom is 0.373 e.